The monoisotopic (exact) mass is 354 g/mol. The third-order valence-corrected chi connectivity index (χ3v) is 5.97. The molecule has 0 N–H and O–H groups in total. The normalized spacial score (nSPS) is 16.5. The van der Waals surface area contributed by atoms with E-state index in [2.05, 4.69) is 43.0 Å². The number of halogens is 1. The average molecular weight is 355 g/mol. The molecule has 0 saturated heterocycles. The lowest BCUT2D eigenvalue weighted by Crippen LogP contribution is -2.29. The van der Waals surface area contributed by atoms with Gasteiger partial charge in [-0.05, 0) is 44.0 Å². The minimum Gasteiger partial charge on any atom is -0.362 e. The Balaban J connectivity index is 1.63. The van der Waals surface area contributed by atoms with Crippen LogP contribution in [0.1, 0.15) is 23.1 Å². The molecule has 0 fully saturated rings. The molecule has 4 rings (SSSR count). The van der Waals surface area contributed by atoms with Crippen LogP contribution in [0, 0.1) is 6.92 Å². The molecular formula is C20H19ClN2S. The summed E-state index contributed by atoms with van der Waals surface area (Å²) in [5.41, 5.74) is 5.10. The molecule has 1 aromatic heterocycles. The minimum absolute atomic E-state index is 0.516. The predicted molar refractivity (Wildman–Crippen MR) is 103 cm³/mol. The second-order valence-corrected chi connectivity index (χ2v) is 7.98. The predicted octanol–water partition coefficient (Wildman–Crippen LogP) is 5.72. The molecule has 0 bridgehead atoms. The van der Waals surface area contributed by atoms with Gasteiger partial charge in [-0.2, -0.15) is 0 Å². The summed E-state index contributed by atoms with van der Waals surface area (Å²) >= 11 is 7.75. The second kappa shape index (κ2) is 6.23. The lowest BCUT2D eigenvalue weighted by Gasteiger charge is -2.24. The Morgan fingerprint density at radius 2 is 1.92 bits per heavy atom. The smallest absolute Gasteiger partial charge is 0.123 e. The Bertz CT molecular complexity index is 870. The fourth-order valence-corrected chi connectivity index (χ4v) is 4.38. The van der Waals surface area contributed by atoms with Crippen LogP contribution < -0.4 is 4.90 Å². The molecule has 4 heteroatoms. The van der Waals surface area contributed by atoms with E-state index >= 15 is 0 Å². The molecular weight excluding hydrogens is 336 g/mol. The number of aromatic nitrogens is 1. The molecule has 0 spiro atoms. The van der Waals surface area contributed by atoms with Crippen molar-refractivity contribution in [2.24, 2.45) is 0 Å². The fraction of sp³-hybridized carbons (Fsp3) is 0.250. The Morgan fingerprint density at radius 3 is 2.71 bits per heavy atom. The van der Waals surface area contributed by atoms with Crippen LogP contribution in [0.2, 0.25) is 5.02 Å². The van der Waals surface area contributed by atoms with E-state index in [0.29, 0.717) is 6.04 Å². The van der Waals surface area contributed by atoms with Crippen molar-refractivity contribution in [2.75, 3.05) is 4.90 Å². The van der Waals surface area contributed by atoms with Gasteiger partial charge in [-0.1, -0.05) is 41.9 Å². The van der Waals surface area contributed by atoms with Gasteiger partial charge >= 0.3 is 0 Å². The molecule has 1 aliphatic heterocycles. The molecule has 2 aromatic carbocycles. The summed E-state index contributed by atoms with van der Waals surface area (Å²) in [5, 5.41) is 1.83. The van der Waals surface area contributed by atoms with E-state index in [1.54, 1.807) is 11.3 Å². The van der Waals surface area contributed by atoms with E-state index in [1.165, 1.54) is 21.8 Å². The van der Waals surface area contributed by atoms with Gasteiger partial charge in [0.2, 0.25) is 0 Å². The number of rotatable bonds is 3. The zero-order valence-corrected chi connectivity index (χ0v) is 15.4. The quantitative estimate of drug-likeness (QED) is 0.597. The van der Waals surface area contributed by atoms with E-state index in [0.717, 1.165) is 28.6 Å². The largest absolute Gasteiger partial charge is 0.362 e. The molecule has 2 nitrogen and oxygen atoms in total. The molecule has 0 radical (unpaired) electrons. The number of para-hydroxylation sites is 1. The zero-order chi connectivity index (χ0) is 16.7. The molecule has 0 saturated carbocycles. The van der Waals surface area contributed by atoms with E-state index in [-0.39, 0.29) is 0 Å². The Labute approximate surface area is 151 Å². The van der Waals surface area contributed by atoms with Gasteiger partial charge in [-0.15, -0.1) is 11.3 Å². The lowest BCUT2D eigenvalue weighted by atomic mass is 10.1. The minimum atomic E-state index is 0.516. The third kappa shape index (κ3) is 2.83. The summed E-state index contributed by atoms with van der Waals surface area (Å²) in [6, 6.07) is 17.1. The highest BCUT2D eigenvalue weighted by atomic mass is 35.5. The number of nitrogens with zero attached hydrogens (tertiary/aromatic N) is 2. The topological polar surface area (TPSA) is 16.1 Å². The van der Waals surface area contributed by atoms with Gasteiger partial charge in [0, 0.05) is 27.2 Å². The van der Waals surface area contributed by atoms with Gasteiger partial charge < -0.3 is 4.90 Å². The van der Waals surface area contributed by atoms with Crippen LogP contribution in [-0.2, 0) is 13.0 Å². The summed E-state index contributed by atoms with van der Waals surface area (Å²) in [4.78, 5) is 8.68. The molecule has 122 valence electrons. The summed E-state index contributed by atoms with van der Waals surface area (Å²) in [6.45, 7) is 5.33. The van der Waals surface area contributed by atoms with Gasteiger partial charge in [0.1, 0.15) is 5.01 Å². The third-order valence-electron chi connectivity index (χ3n) is 4.65. The van der Waals surface area contributed by atoms with Crippen LogP contribution in [0.3, 0.4) is 0 Å². The van der Waals surface area contributed by atoms with Crippen molar-refractivity contribution >= 4 is 28.6 Å². The number of benzene rings is 2. The first-order valence-corrected chi connectivity index (χ1v) is 9.38. The number of aryl methyl sites for hydroxylation is 1. The van der Waals surface area contributed by atoms with Crippen molar-refractivity contribution in [1.29, 1.82) is 0 Å². The van der Waals surface area contributed by atoms with Gasteiger partial charge in [-0.25, -0.2) is 4.98 Å². The van der Waals surface area contributed by atoms with Gasteiger partial charge in [0.15, 0.2) is 0 Å². The van der Waals surface area contributed by atoms with Gasteiger partial charge in [0.25, 0.3) is 0 Å². The summed E-state index contributed by atoms with van der Waals surface area (Å²) in [7, 11) is 0. The summed E-state index contributed by atoms with van der Waals surface area (Å²) < 4.78 is 0. The maximum atomic E-state index is 5.99. The average Bonchev–Trinajstić information content (AvgIpc) is 3.09. The highest BCUT2D eigenvalue weighted by Crippen LogP contribution is 2.35. The van der Waals surface area contributed by atoms with Crippen molar-refractivity contribution < 1.29 is 0 Å². The maximum absolute atomic E-state index is 5.99. The van der Waals surface area contributed by atoms with E-state index in [9.17, 15) is 0 Å². The van der Waals surface area contributed by atoms with Gasteiger partial charge in [0.05, 0.1) is 12.2 Å². The van der Waals surface area contributed by atoms with Crippen LogP contribution in [0.5, 0.6) is 0 Å². The SMILES string of the molecule is Cc1sc(-c2ccc(Cl)cc2)nc1CN1c2ccccc2CC1C. The van der Waals surface area contributed by atoms with Crippen LogP contribution in [0.15, 0.2) is 48.5 Å². The second-order valence-electron chi connectivity index (χ2n) is 6.34. The van der Waals surface area contributed by atoms with Crippen LogP contribution in [0.4, 0.5) is 5.69 Å². The highest BCUT2D eigenvalue weighted by molar-refractivity contribution is 7.15. The van der Waals surface area contributed by atoms with Crippen molar-refractivity contribution in [2.45, 2.75) is 32.9 Å². The first-order valence-electron chi connectivity index (χ1n) is 8.18. The van der Waals surface area contributed by atoms with Gasteiger partial charge in [-0.3, -0.25) is 0 Å². The first-order chi connectivity index (χ1) is 11.6. The molecule has 1 atom stereocenters. The Kier molecular flexibility index (Phi) is 4.07. The summed E-state index contributed by atoms with van der Waals surface area (Å²) in [5.74, 6) is 0. The number of hydrogen-bond acceptors (Lipinski definition) is 3. The maximum Gasteiger partial charge on any atom is 0.123 e. The first kappa shape index (κ1) is 15.7. The molecule has 24 heavy (non-hydrogen) atoms. The number of anilines is 1. The van der Waals surface area contributed by atoms with Crippen LogP contribution in [-0.4, -0.2) is 11.0 Å². The van der Waals surface area contributed by atoms with E-state index < -0.39 is 0 Å². The lowest BCUT2D eigenvalue weighted by molar-refractivity contribution is 0.665. The molecule has 3 aromatic rings. The standard InChI is InChI=1S/C20H19ClN2S/c1-13-11-16-5-3-4-6-19(16)23(13)12-18-14(2)24-20(22-18)15-7-9-17(21)10-8-15/h3-10,13H,11-12H2,1-2H3. The molecule has 0 amide bonds. The Morgan fingerprint density at radius 1 is 1.17 bits per heavy atom. The number of hydrogen-bond donors (Lipinski definition) is 0. The van der Waals surface area contributed by atoms with Crippen LogP contribution in [0.25, 0.3) is 10.6 Å². The molecule has 2 heterocycles. The zero-order valence-electron chi connectivity index (χ0n) is 13.8. The van der Waals surface area contributed by atoms with Crippen molar-refractivity contribution in [1.82, 2.24) is 4.98 Å². The van der Waals surface area contributed by atoms with E-state index in [1.807, 2.05) is 24.3 Å². The summed E-state index contributed by atoms with van der Waals surface area (Å²) in [6.07, 6.45) is 1.11. The van der Waals surface area contributed by atoms with Crippen molar-refractivity contribution in [3.05, 3.63) is 69.7 Å². The Hall–Kier alpha value is -1.84. The van der Waals surface area contributed by atoms with Crippen molar-refractivity contribution in [3.63, 3.8) is 0 Å². The number of fused-ring (bicyclic) bond motifs is 1. The molecule has 1 aliphatic rings. The molecule has 0 aliphatic carbocycles. The van der Waals surface area contributed by atoms with E-state index in [4.69, 9.17) is 16.6 Å². The van der Waals surface area contributed by atoms with Crippen molar-refractivity contribution in [3.8, 4) is 10.6 Å². The highest BCUT2D eigenvalue weighted by Gasteiger charge is 2.26. The fourth-order valence-electron chi connectivity index (χ4n) is 3.32. The van der Waals surface area contributed by atoms with Crippen LogP contribution >= 0.6 is 22.9 Å². The number of thiazole rings is 1. The molecule has 1 unspecified atom stereocenters.